The van der Waals surface area contributed by atoms with Gasteiger partial charge in [-0.3, -0.25) is 4.79 Å². The summed E-state index contributed by atoms with van der Waals surface area (Å²) in [6.07, 6.45) is 2.09. The maximum Gasteiger partial charge on any atom is 0.224 e. The number of carbonyl (C=O) groups excluding carboxylic acids is 1. The molecule has 22 heavy (non-hydrogen) atoms. The van der Waals surface area contributed by atoms with Crippen molar-refractivity contribution in [1.82, 2.24) is 0 Å². The van der Waals surface area contributed by atoms with Crippen molar-refractivity contribution in [3.8, 4) is 0 Å². The summed E-state index contributed by atoms with van der Waals surface area (Å²) < 4.78 is 0. The maximum atomic E-state index is 12.0. The largest absolute Gasteiger partial charge is 0.392 e. The molecule has 0 aliphatic heterocycles. The summed E-state index contributed by atoms with van der Waals surface area (Å²) in [5.41, 5.74) is 3.71. The van der Waals surface area contributed by atoms with Crippen LogP contribution in [0.1, 0.15) is 29.5 Å². The van der Waals surface area contributed by atoms with Crippen molar-refractivity contribution in [3.63, 3.8) is 0 Å². The van der Waals surface area contributed by atoms with E-state index < -0.39 is 0 Å². The van der Waals surface area contributed by atoms with E-state index in [0.717, 1.165) is 12.8 Å². The molecule has 0 unspecified atom stereocenters. The zero-order valence-electron chi connectivity index (χ0n) is 12.6. The number of benzene rings is 2. The summed E-state index contributed by atoms with van der Waals surface area (Å²) in [5.74, 6) is -0.0657. The molecule has 0 heterocycles. The van der Waals surface area contributed by atoms with Crippen molar-refractivity contribution in [2.45, 2.75) is 32.8 Å². The monoisotopic (exact) mass is 317 g/mol. The number of aliphatic hydroxyl groups is 1. The molecule has 0 aliphatic rings. The number of aliphatic hydroxyl groups excluding tert-OH is 1. The van der Waals surface area contributed by atoms with E-state index >= 15 is 0 Å². The van der Waals surface area contributed by atoms with E-state index in [2.05, 4.69) is 36.5 Å². The van der Waals surface area contributed by atoms with E-state index in [1.807, 2.05) is 0 Å². The molecule has 0 saturated heterocycles. The van der Waals surface area contributed by atoms with Crippen molar-refractivity contribution in [3.05, 3.63) is 64.2 Å². The minimum absolute atomic E-state index is 0.0657. The molecule has 0 saturated carbocycles. The van der Waals surface area contributed by atoms with Crippen LogP contribution in [-0.4, -0.2) is 11.0 Å². The Morgan fingerprint density at radius 3 is 2.59 bits per heavy atom. The first-order chi connectivity index (χ1) is 10.6. The fourth-order valence-electron chi connectivity index (χ4n) is 2.22. The first kappa shape index (κ1) is 16.5. The molecule has 1 amide bonds. The van der Waals surface area contributed by atoms with Gasteiger partial charge in [0, 0.05) is 22.7 Å². The van der Waals surface area contributed by atoms with Crippen molar-refractivity contribution in [2.75, 3.05) is 5.32 Å². The normalized spacial score (nSPS) is 10.5. The van der Waals surface area contributed by atoms with Crippen LogP contribution >= 0.6 is 11.6 Å². The van der Waals surface area contributed by atoms with Gasteiger partial charge in [-0.2, -0.15) is 0 Å². The number of anilines is 1. The van der Waals surface area contributed by atoms with Crippen molar-refractivity contribution in [2.24, 2.45) is 0 Å². The van der Waals surface area contributed by atoms with E-state index in [9.17, 15) is 9.90 Å². The average molecular weight is 318 g/mol. The SMILES string of the molecule is Cc1ccc(CCCC(=O)Nc2cc(Cl)ccc2CO)cc1. The first-order valence-corrected chi connectivity index (χ1v) is 7.71. The predicted molar refractivity (Wildman–Crippen MR) is 90.1 cm³/mol. The Balaban J connectivity index is 1.85. The molecular formula is C18H20ClNO2. The highest BCUT2D eigenvalue weighted by Gasteiger charge is 2.07. The summed E-state index contributed by atoms with van der Waals surface area (Å²) in [6, 6.07) is 13.4. The second-order valence-corrected chi connectivity index (χ2v) is 5.78. The third kappa shape index (κ3) is 4.86. The van der Waals surface area contributed by atoms with Gasteiger partial charge < -0.3 is 10.4 Å². The highest BCUT2D eigenvalue weighted by atomic mass is 35.5. The van der Waals surface area contributed by atoms with Gasteiger partial charge in [-0.25, -0.2) is 0 Å². The quantitative estimate of drug-likeness (QED) is 0.842. The third-order valence-corrected chi connectivity index (χ3v) is 3.74. The fraction of sp³-hybridized carbons (Fsp3) is 0.278. The molecule has 0 aromatic heterocycles. The molecule has 0 bridgehead atoms. The van der Waals surface area contributed by atoms with E-state index in [0.29, 0.717) is 22.7 Å². The summed E-state index contributed by atoms with van der Waals surface area (Å²) in [7, 11) is 0. The summed E-state index contributed by atoms with van der Waals surface area (Å²) in [4.78, 5) is 12.0. The molecule has 2 aromatic carbocycles. The molecule has 2 aromatic rings. The number of carbonyl (C=O) groups is 1. The molecule has 0 atom stereocenters. The van der Waals surface area contributed by atoms with Gasteiger partial charge in [0.05, 0.1) is 6.61 Å². The number of aryl methyl sites for hydroxylation is 2. The van der Waals surface area contributed by atoms with Crippen LogP contribution < -0.4 is 5.32 Å². The summed E-state index contributed by atoms with van der Waals surface area (Å²) in [6.45, 7) is 1.93. The van der Waals surface area contributed by atoms with Crippen LogP contribution in [0.25, 0.3) is 0 Å². The Morgan fingerprint density at radius 1 is 1.18 bits per heavy atom. The molecule has 116 valence electrons. The van der Waals surface area contributed by atoms with Gasteiger partial charge in [0.15, 0.2) is 0 Å². The van der Waals surface area contributed by atoms with Gasteiger partial charge in [0.1, 0.15) is 0 Å². The fourth-order valence-corrected chi connectivity index (χ4v) is 2.40. The van der Waals surface area contributed by atoms with Gasteiger partial charge in [0.2, 0.25) is 5.91 Å². The average Bonchev–Trinajstić information content (AvgIpc) is 2.49. The van der Waals surface area contributed by atoms with Crippen LogP contribution in [0.3, 0.4) is 0 Å². The van der Waals surface area contributed by atoms with Gasteiger partial charge in [-0.15, -0.1) is 0 Å². The lowest BCUT2D eigenvalue weighted by atomic mass is 10.1. The number of nitrogens with one attached hydrogen (secondary N) is 1. The second kappa shape index (κ2) is 7.97. The van der Waals surface area contributed by atoms with Gasteiger partial charge in [-0.05, 0) is 37.5 Å². The van der Waals surface area contributed by atoms with E-state index in [1.165, 1.54) is 11.1 Å². The standard InChI is InChI=1S/C18H20ClNO2/c1-13-5-7-14(8-6-13)3-2-4-18(22)20-17-11-16(19)10-9-15(17)12-21/h5-11,21H,2-4,12H2,1H3,(H,20,22). The van der Waals surface area contributed by atoms with Crippen molar-refractivity contribution >= 4 is 23.2 Å². The summed E-state index contributed by atoms with van der Waals surface area (Å²) in [5, 5.41) is 12.6. The molecule has 3 nitrogen and oxygen atoms in total. The van der Waals surface area contributed by atoms with Crippen LogP contribution in [0.5, 0.6) is 0 Å². The van der Waals surface area contributed by atoms with Crippen LogP contribution in [-0.2, 0) is 17.8 Å². The molecule has 0 radical (unpaired) electrons. The van der Waals surface area contributed by atoms with Gasteiger partial charge >= 0.3 is 0 Å². The third-order valence-electron chi connectivity index (χ3n) is 3.51. The lowest BCUT2D eigenvalue weighted by Crippen LogP contribution is -2.13. The topological polar surface area (TPSA) is 49.3 Å². The minimum atomic E-state index is -0.129. The van der Waals surface area contributed by atoms with E-state index in [-0.39, 0.29) is 12.5 Å². The highest BCUT2D eigenvalue weighted by molar-refractivity contribution is 6.31. The molecule has 0 fully saturated rings. The number of hydrogen-bond acceptors (Lipinski definition) is 2. The maximum absolute atomic E-state index is 12.0. The van der Waals surface area contributed by atoms with Crippen LogP contribution in [0.4, 0.5) is 5.69 Å². The van der Waals surface area contributed by atoms with Crippen LogP contribution in [0.2, 0.25) is 5.02 Å². The number of rotatable bonds is 6. The molecule has 4 heteroatoms. The Hall–Kier alpha value is -1.84. The van der Waals surface area contributed by atoms with Gasteiger partial charge in [0.25, 0.3) is 0 Å². The lowest BCUT2D eigenvalue weighted by molar-refractivity contribution is -0.116. The van der Waals surface area contributed by atoms with Crippen LogP contribution in [0, 0.1) is 6.92 Å². The number of amides is 1. The predicted octanol–water partition coefficient (Wildman–Crippen LogP) is 4.10. The zero-order valence-corrected chi connectivity index (χ0v) is 13.4. The number of halogens is 1. The van der Waals surface area contributed by atoms with Crippen molar-refractivity contribution < 1.29 is 9.90 Å². The lowest BCUT2D eigenvalue weighted by Gasteiger charge is -2.10. The molecule has 2 rings (SSSR count). The van der Waals surface area contributed by atoms with Crippen molar-refractivity contribution in [1.29, 1.82) is 0 Å². The van der Waals surface area contributed by atoms with Crippen LogP contribution in [0.15, 0.2) is 42.5 Å². The molecule has 0 spiro atoms. The molecular weight excluding hydrogens is 298 g/mol. The number of hydrogen-bond donors (Lipinski definition) is 2. The summed E-state index contributed by atoms with van der Waals surface area (Å²) >= 11 is 5.92. The Labute approximate surface area is 135 Å². The Kier molecular flexibility index (Phi) is 5.99. The Bertz CT molecular complexity index is 638. The van der Waals surface area contributed by atoms with Gasteiger partial charge in [-0.1, -0.05) is 47.5 Å². The first-order valence-electron chi connectivity index (χ1n) is 7.33. The van der Waals surface area contributed by atoms with E-state index in [4.69, 9.17) is 11.6 Å². The van der Waals surface area contributed by atoms with E-state index in [1.54, 1.807) is 18.2 Å². The Morgan fingerprint density at radius 2 is 1.91 bits per heavy atom. The second-order valence-electron chi connectivity index (χ2n) is 5.35. The minimum Gasteiger partial charge on any atom is -0.392 e. The highest BCUT2D eigenvalue weighted by Crippen LogP contribution is 2.21. The molecule has 0 aliphatic carbocycles. The zero-order chi connectivity index (χ0) is 15.9. The smallest absolute Gasteiger partial charge is 0.224 e. The molecule has 2 N–H and O–H groups in total.